The lowest BCUT2D eigenvalue weighted by atomic mass is 10.1. The lowest BCUT2D eigenvalue weighted by Crippen LogP contribution is -2.50. The molecule has 0 aliphatic carbocycles. The summed E-state index contributed by atoms with van der Waals surface area (Å²) in [7, 11) is 0. The highest BCUT2D eigenvalue weighted by Gasteiger charge is 2.21. The second-order valence-electron chi connectivity index (χ2n) is 6.49. The molecule has 9 heteroatoms. The number of hydrazine groups is 1. The molecule has 0 aliphatic rings. The van der Waals surface area contributed by atoms with Gasteiger partial charge in [-0.05, 0) is 33.8 Å². The van der Waals surface area contributed by atoms with Crippen molar-refractivity contribution in [2.24, 2.45) is 0 Å². The van der Waals surface area contributed by atoms with Crippen molar-refractivity contribution in [1.29, 1.82) is 0 Å². The first-order chi connectivity index (χ1) is 11.6. The zero-order valence-electron chi connectivity index (χ0n) is 14.4. The van der Waals surface area contributed by atoms with E-state index in [2.05, 4.69) is 16.0 Å². The Morgan fingerprint density at radius 2 is 1.92 bits per heavy atom. The Bertz CT molecular complexity index is 883. The van der Waals surface area contributed by atoms with Crippen LogP contribution in [0, 0.1) is 17.0 Å². The molecule has 2 aromatic rings. The van der Waals surface area contributed by atoms with Crippen molar-refractivity contribution in [3.05, 3.63) is 62.1 Å². The largest absolute Gasteiger partial charge is 0.294 e. The molecule has 0 spiro atoms. The molecule has 0 aliphatic heterocycles. The molecule has 9 nitrogen and oxygen atoms in total. The number of nitro benzene ring substituents is 1. The fourth-order valence-corrected chi connectivity index (χ4v) is 2.05. The van der Waals surface area contributed by atoms with E-state index < -0.39 is 21.8 Å². The SMILES string of the molecule is Cc1cc(=O)c(C(=O)NNC(C)(C)C)nn1-c1ccccc1[N+](=O)[O-]. The van der Waals surface area contributed by atoms with Crippen molar-refractivity contribution in [2.75, 3.05) is 0 Å². The molecule has 0 saturated heterocycles. The average molecular weight is 345 g/mol. The first-order valence-corrected chi connectivity index (χ1v) is 7.52. The molecular formula is C16H19N5O4. The molecule has 1 amide bonds. The lowest BCUT2D eigenvalue weighted by molar-refractivity contribution is -0.384. The number of nitrogens with zero attached hydrogens (tertiary/aromatic N) is 3. The number of hydrogen-bond acceptors (Lipinski definition) is 6. The van der Waals surface area contributed by atoms with Crippen LogP contribution in [0.25, 0.3) is 5.69 Å². The van der Waals surface area contributed by atoms with Crippen molar-refractivity contribution in [2.45, 2.75) is 33.2 Å². The Balaban J connectivity index is 2.51. The van der Waals surface area contributed by atoms with Gasteiger partial charge in [0.15, 0.2) is 5.69 Å². The van der Waals surface area contributed by atoms with Gasteiger partial charge in [-0.25, -0.2) is 10.1 Å². The Morgan fingerprint density at radius 3 is 2.52 bits per heavy atom. The molecule has 1 aromatic heterocycles. The molecule has 0 atom stereocenters. The van der Waals surface area contributed by atoms with Crippen LogP contribution in [0.4, 0.5) is 5.69 Å². The highest BCUT2D eigenvalue weighted by molar-refractivity contribution is 5.91. The topological polar surface area (TPSA) is 119 Å². The van der Waals surface area contributed by atoms with Gasteiger partial charge in [0.05, 0.1) is 4.92 Å². The number of amides is 1. The molecular weight excluding hydrogens is 326 g/mol. The van der Waals surface area contributed by atoms with Gasteiger partial charge in [-0.15, -0.1) is 0 Å². The fraction of sp³-hybridized carbons (Fsp3) is 0.312. The van der Waals surface area contributed by atoms with E-state index in [1.807, 2.05) is 20.8 Å². The number of benzene rings is 1. The van der Waals surface area contributed by atoms with Crippen molar-refractivity contribution in [1.82, 2.24) is 20.6 Å². The number of rotatable bonds is 4. The highest BCUT2D eigenvalue weighted by atomic mass is 16.6. The van der Waals surface area contributed by atoms with Gasteiger partial charge < -0.3 is 0 Å². The summed E-state index contributed by atoms with van der Waals surface area (Å²) in [5.41, 5.74) is 4.20. The highest BCUT2D eigenvalue weighted by Crippen LogP contribution is 2.22. The van der Waals surface area contributed by atoms with Crippen LogP contribution in [0.1, 0.15) is 37.0 Å². The molecule has 0 radical (unpaired) electrons. The zero-order chi connectivity index (χ0) is 18.8. The van der Waals surface area contributed by atoms with Gasteiger partial charge in [-0.2, -0.15) is 5.10 Å². The number of hydrogen-bond donors (Lipinski definition) is 2. The minimum absolute atomic E-state index is 0.169. The van der Waals surface area contributed by atoms with E-state index in [1.165, 1.54) is 28.9 Å². The summed E-state index contributed by atoms with van der Waals surface area (Å²) >= 11 is 0. The fourth-order valence-electron chi connectivity index (χ4n) is 2.05. The van der Waals surface area contributed by atoms with Gasteiger partial charge in [0, 0.05) is 23.4 Å². The molecule has 0 unspecified atom stereocenters. The third-order valence-electron chi connectivity index (χ3n) is 3.18. The van der Waals surface area contributed by atoms with E-state index in [1.54, 1.807) is 13.0 Å². The number of nitro groups is 1. The smallest absolute Gasteiger partial charge is 0.287 e. The Kier molecular flexibility index (Phi) is 4.98. The van der Waals surface area contributed by atoms with Gasteiger partial charge in [-0.1, -0.05) is 12.1 Å². The maximum absolute atomic E-state index is 12.2. The number of aromatic nitrogens is 2. The van der Waals surface area contributed by atoms with Crippen molar-refractivity contribution < 1.29 is 9.72 Å². The molecule has 0 saturated carbocycles. The van der Waals surface area contributed by atoms with E-state index in [9.17, 15) is 19.7 Å². The maximum Gasteiger partial charge on any atom is 0.294 e. The third-order valence-corrected chi connectivity index (χ3v) is 3.18. The molecule has 0 bridgehead atoms. The Hall–Kier alpha value is -3.07. The molecule has 1 heterocycles. The van der Waals surface area contributed by atoms with E-state index in [0.717, 1.165) is 0 Å². The molecule has 0 fully saturated rings. The lowest BCUT2D eigenvalue weighted by Gasteiger charge is -2.20. The van der Waals surface area contributed by atoms with E-state index in [-0.39, 0.29) is 17.1 Å². The number of aryl methyl sites for hydroxylation is 1. The molecule has 132 valence electrons. The summed E-state index contributed by atoms with van der Waals surface area (Å²) in [6.07, 6.45) is 0. The van der Waals surface area contributed by atoms with Crippen LogP contribution in [-0.4, -0.2) is 26.1 Å². The van der Waals surface area contributed by atoms with E-state index in [0.29, 0.717) is 5.69 Å². The number of para-hydroxylation sites is 2. The molecule has 25 heavy (non-hydrogen) atoms. The van der Waals surface area contributed by atoms with Crippen LogP contribution >= 0.6 is 0 Å². The first kappa shape index (κ1) is 18.3. The van der Waals surface area contributed by atoms with Crippen LogP contribution in [0.3, 0.4) is 0 Å². The van der Waals surface area contributed by atoms with Crippen molar-refractivity contribution in [3.8, 4) is 5.69 Å². The quantitative estimate of drug-likeness (QED) is 0.640. The minimum atomic E-state index is -0.716. The van der Waals surface area contributed by atoms with Gasteiger partial charge in [0.1, 0.15) is 5.69 Å². The first-order valence-electron chi connectivity index (χ1n) is 7.52. The summed E-state index contributed by atoms with van der Waals surface area (Å²) < 4.78 is 1.21. The Morgan fingerprint density at radius 1 is 1.28 bits per heavy atom. The predicted molar refractivity (Wildman–Crippen MR) is 91.6 cm³/mol. The normalized spacial score (nSPS) is 11.2. The summed E-state index contributed by atoms with van der Waals surface area (Å²) in [4.78, 5) is 35.0. The maximum atomic E-state index is 12.2. The summed E-state index contributed by atoms with van der Waals surface area (Å²) in [6, 6.07) is 7.19. The second-order valence-corrected chi connectivity index (χ2v) is 6.49. The van der Waals surface area contributed by atoms with E-state index >= 15 is 0 Å². The summed E-state index contributed by atoms with van der Waals surface area (Å²) in [5.74, 6) is -0.716. The van der Waals surface area contributed by atoms with Crippen molar-refractivity contribution >= 4 is 11.6 Å². The third kappa shape index (κ3) is 4.27. The van der Waals surface area contributed by atoms with Crippen LogP contribution in [0.2, 0.25) is 0 Å². The van der Waals surface area contributed by atoms with Crippen LogP contribution in [-0.2, 0) is 0 Å². The molecule has 1 aromatic carbocycles. The number of carbonyl (C=O) groups excluding carboxylic acids is 1. The Labute approximate surface area is 143 Å². The standard InChI is InChI=1S/C16H19N5O4/c1-10-9-13(22)14(15(23)17-19-16(2,3)4)18-20(10)11-7-5-6-8-12(11)21(24)25/h5-9,19H,1-4H3,(H,17,23). The second kappa shape index (κ2) is 6.81. The van der Waals surface area contributed by atoms with Crippen LogP contribution < -0.4 is 16.3 Å². The zero-order valence-corrected chi connectivity index (χ0v) is 14.4. The number of carbonyl (C=O) groups is 1. The van der Waals surface area contributed by atoms with E-state index in [4.69, 9.17) is 0 Å². The van der Waals surface area contributed by atoms with Gasteiger partial charge >= 0.3 is 0 Å². The van der Waals surface area contributed by atoms with Crippen LogP contribution in [0.5, 0.6) is 0 Å². The summed E-state index contributed by atoms with van der Waals surface area (Å²) in [6.45, 7) is 7.09. The predicted octanol–water partition coefficient (Wildman–Crippen LogP) is 1.48. The summed E-state index contributed by atoms with van der Waals surface area (Å²) in [5, 5.41) is 15.3. The van der Waals surface area contributed by atoms with Crippen LogP contribution in [0.15, 0.2) is 35.1 Å². The minimum Gasteiger partial charge on any atom is -0.287 e. The van der Waals surface area contributed by atoms with Gasteiger partial charge in [0.2, 0.25) is 5.43 Å². The monoisotopic (exact) mass is 345 g/mol. The van der Waals surface area contributed by atoms with Gasteiger partial charge in [0.25, 0.3) is 11.6 Å². The molecule has 2 N–H and O–H groups in total. The van der Waals surface area contributed by atoms with Gasteiger partial charge in [-0.3, -0.25) is 25.1 Å². The average Bonchev–Trinajstić information content (AvgIpc) is 2.52. The van der Waals surface area contributed by atoms with Crippen molar-refractivity contribution in [3.63, 3.8) is 0 Å². The number of nitrogens with one attached hydrogen (secondary N) is 2. The molecule has 2 rings (SSSR count).